The van der Waals surface area contributed by atoms with Gasteiger partial charge in [0.2, 0.25) is 5.91 Å². The Labute approximate surface area is 306 Å². The average Bonchev–Trinajstić information content (AvgIpc) is 3.67. The predicted octanol–water partition coefficient (Wildman–Crippen LogP) is 7.53. The number of alkyl halides is 3. The highest BCUT2D eigenvalue weighted by molar-refractivity contribution is 7.98. The van der Waals surface area contributed by atoms with Crippen LogP contribution in [-0.2, 0) is 42.5 Å². The molecule has 1 aliphatic carbocycles. The van der Waals surface area contributed by atoms with Crippen LogP contribution in [0.1, 0.15) is 77.1 Å². The predicted molar refractivity (Wildman–Crippen MR) is 181 cm³/mol. The van der Waals surface area contributed by atoms with Crippen LogP contribution in [0, 0.1) is 12.7 Å². The first-order valence-electron chi connectivity index (χ1n) is 23.2. The summed E-state index contributed by atoms with van der Waals surface area (Å²) in [4.78, 5) is 32.7. The number of benzene rings is 3. The summed E-state index contributed by atoms with van der Waals surface area (Å²) >= 11 is 0.0942. The highest BCUT2D eigenvalue weighted by atomic mass is 32.2. The van der Waals surface area contributed by atoms with Crippen molar-refractivity contribution < 1.29 is 45.7 Å². The van der Waals surface area contributed by atoms with Gasteiger partial charge in [-0.25, -0.2) is 4.39 Å². The van der Waals surface area contributed by atoms with E-state index in [1.165, 1.54) is 13.8 Å². The molecule has 0 atom stereocenters. The first-order valence-corrected chi connectivity index (χ1v) is 15.5. The Morgan fingerprint density at radius 2 is 1.71 bits per heavy atom. The number of nitrogens with zero attached hydrogens (tertiary/aromatic N) is 4. The Morgan fingerprint density at radius 1 is 1.02 bits per heavy atom. The van der Waals surface area contributed by atoms with Crippen molar-refractivity contribution in [3.05, 3.63) is 116 Å². The Kier molecular flexibility index (Phi) is 6.23. The number of thioether (sulfide) groups is 1. The zero-order valence-electron chi connectivity index (χ0n) is 42.9. The first kappa shape index (κ1) is 19.3. The molecule has 0 N–H and O–H groups in total. The number of amides is 1. The molecule has 4 aromatic rings. The molecule has 1 aromatic heterocycles. The van der Waals surface area contributed by atoms with E-state index in [9.17, 15) is 30.6 Å². The average molecular weight is 698 g/mol. The molecule has 254 valence electrons. The maximum atomic E-state index is 15.2. The summed E-state index contributed by atoms with van der Waals surface area (Å²) in [6.07, 6.45) is -5.36. The van der Waals surface area contributed by atoms with Crippen LogP contribution in [0.4, 0.5) is 17.6 Å². The number of hydrogen-bond donors (Lipinski definition) is 0. The largest absolute Gasteiger partial charge is 0.416 e. The smallest absolute Gasteiger partial charge is 0.336 e. The molecule has 6 nitrogen and oxygen atoms in total. The number of fused-ring (bicyclic) bond motifs is 1. The highest BCUT2D eigenvalue weighted by Crippen LogP contribution is 2.32. The fraction of sp³-hybridized carbons (Fsp3) is 0.378. The van der Waals surface area contributed by atoms with Crippen LogP contribution in [0.2, 0.25) is 0 Å². The third-order valence-corrected chi connectivity index (χ3v) is 7.88. The van der Waals surface area contributed by atoms with E-state index in [0.717, 1.165) is 36.1 Å². The maximum absolute atomic E-state index is 15.2. The van der Waals surface area contributed by atoms with Crippen molar-refractivity contribution in [2.75, 3.05) is 26.1 Å². The summed E-state index contributed by atoms with van der Waals surface area (Å²) in [5.74, 6) is -2.98. The van der Waals surface area contributed by atoms with E-state index in [1.54, 1.807) is 0 Å². The Morgan fingerprint density at radius 3 is 2.38 bits per heavy atom. The van der Waals surface area contributed by atoms with Gasteiger partial charge in [0.25, 0.3) is 5.56 Å². The summed E-state index contributed by atoms with van der Waals surface area (Å²) < 4.78 is 207. The molecular weight excluding hydrogens is 640 g/mol. The molecule has 0 radical (unpaired) electrons. The van der Waals surface area contributed by atoms with Gasteiger partial charge >= 0.3 is 6.18 Å². The van der Waals surface area contributed by atoms with Gasteiger partial charge < -0.3 is 14.4 Å². The minimum atomic E-state index is -5.39. The lowest BCUT2D eigenvalue weighted by atomic mass is 9.98. The van der Waals surface area contributed by atoms with Crippen LogP contribution in [-0.4, -0.2) is 51.3 Å². The SMILES string of the molecule is [2H]c1c([2H])c(C(F)(F)F)c([2H])c([2H])c1-c1c([2H])c([2H])c(C([2H])([2H])N(C(=O)C([2H])([2H])n2c(SC([2H])([2H])c3ccc(F)cc3)nc(=O)c3c2CCC3)C([2H])([2H])C([2H])([2H])N(CC)CC)c(C)c1[2H]. The molecule has 1 amide bonds. The van der Waals surface area contributed by atoms with Gasteiger partial charge in [-0.1, -0.05) is 68.0 Å². The number of rotatable bonds is 13. The van der Waals surface area contributed by atoms with Gasteiger partial charge in [-0.15, -0.1) is 0 Å². The van der Waals surface area contributed by atoms with Crippen molar-refractivity contribution in [1.82, 2.24) is 19.4 Å². The second kappa shape index (κ2) is 15.5. The Bertz CT molecular complexity index is 2570. The van der Waals surface area contributed by atoms with Crippen LogP contribution in [0.3, 0.4) is 0 Å². The van der Waals surface area contributed by atoms with Gasteiger partial charge in [0.1, 0.15) is 12.3 Å². The number of aromatic nitrogens is 2. The molecule has 0 fully saturated rings. The second-order valence-electron chi connectivity index (χ2n) is 10.3. The van der Waals surface area contributed by atoms with Gasteiger partial charge in [0.05, 0.1) is 23.4 Å². The number of halogens is 4. The van der Waals surface area contributed by atoms with Crippen LogP contribution in [0.5, 0.6) is 0 Å². The van der Waals surface area contributed by atoms with Crippen molar-refractivity contribution in [1.29, 1.82) is 0 Å². The van der Waals surface area contributed by atoms with Crippen LogP contribution >= 0.6 is 11.8 Å². The third kappa shape index (κ3) is 8.54. The maximum Gasteiger partial charge on any atom is 0.416 e. The molecular formula is C37H40F4N4O2S. The van der Waals surface area contributed by atoms with E-state index in [1.807, 2.05) is 0 Å². The van der Waals surface area contributed by atoms with Crippen molar-refractivity contribution in [2.45, 2.75) is 70.1 Å². The molecule has 0 saturated carbocycles. The third-order valence-electron chi connectivity index (χ3n) is 7.09. The van der Waals surface area contributed by atoms with E-state index >= 15 is 4.79 Å². The number of carbonyl (C=O) groups is 1. The number of carbonyl (C=O) groups excluding carboxylic acids is 1. The zero-order chi connectivity index (χ0) is 49.5. The van der Waals surface area contributed by atoms with E-state index in [2.05, 4.69) is 4.98 Å². The van der Waals surface area contributed by atoms with Gasteiger partial charge in [0, 0.05) is 41.9 Å². The standard InChI is InChI=1S/C37H40F4N4O2S/c1-4-43(5-2)19-20-44(22-29-12-11-28(21-25(29)3)27-13-15-30(16-14-27)37(39,40)41)34(46)23-45-33-8-6-7-32(33)35(47)42-36(45)48-24-26-9-17-31(38)18-10-26/h9-18,21H,4-8,19-20,22-24H2,1-3H3/i11D,12D,13D,14D,15D,16D,19D2,20D2,21D,22D2,23D2,24D2. The molecule has 3 aromatic carbocycles. The molecule has 1 aliphatic rings. The van der Waals surface area contributed by atoms with Crippen molar-refractivity contribution in [2.24, 2.45) is 0 Å². The molecule has 1 heterocycles. The van der Waals surface area contributed by atoms with Crippen molar-refractivity contribution in [3.8, 4) is 11.1 Å². The molecule has 5 rings (SSSR count). The lowest BCUT2D eigenvalue weighted by molar-refractivity contribution is -0.137. The molecule has 11 heteroatoms. The fourth-order valence-electron chi connectivity index (χ4n) is 4.54. The first-order chi connectivity index (χ1) is 29.7. The quantitative estimate of drug-likeness (QED) is 0.0822. The monoisotopic (exact) mass is 697 g/mol. The number of likely N-dealkylation sites (N-methyl/N-ethyl adjacent to an activating group) is 1. The van der Waals surface area contributed by atoms with Crippen LogP contribution in [0.15, 0.2) is 76.5 Å². The molecule has 48 heavy (non-hydrogen) atoms. The highest BCUT2D eigenvalue weighted by Gasteiger charge is 2.30. The van der Waals surface area contributed by atoms with E-state index in [4.69, 9.17) is 15.1 Å². The lowest BCUT2D eigenvalue weighted by Crippen LogP contribution is -2.40. The summed E-state index contributed by atoms with van der Waals surface area (Å²) in [6.45, 7) is -12.2. The van der Waals surface area contributed by atoms with Gasteiger partial charge in [0.15, 0.2) is 5.16 Å². The minimum Gasteiger partial charge on any atom is -0.336 e. The minimum absolute atomic E-state index is 0.00809. The molecule has 0 saturated heterocycles. The molecule has 0 unspecified atom stereocenters. The zero-order valence-corrected chi connectivity index (χ0v) is 26.7. The summed E-state index contributed by atoms with van der Waals surface area (Å²) in [5, 5.41) is -0.823. The summed E-state index contributed by atoms with van der Waals surface area (Å²) in [5.41, 5.74) is -10.2. The topological polar surface area (TPSA) is 58.4 Å². The van der Waals surface area contributed by atoms with Gasteiger partial charge in [-0.2, -0.15) is 18.2 Å². The summed E-state index contributed by atoms with van der Waals surface area (Å²) in [6, 6.07) is -5.83. The van der Waals surface area contributed by atoms with Crippen LogP contribution in [0.25, 0.3) is 11.1 Å². The van der Waals surface area contributed by atoms with Gasteiger partial charge in [-0.05, 0) is 91.3 Å². The van der Waals surface area contributed by atoms with E-state index < -0.39 is 135 Å². The lowest BCUT2D eigenvalue weighted by Gasteiger charge is -2.28. The summed E-state index contributed by atoms with van der Waals surface area (Å²) in [7, 11) is 0. The molecule has 0 aliphatic heterocycles. The van der Waals surface area contributed by atoms with Crippen molar-refractivity contribution >= 4 is 17.7 Å². The Balaban J connectivity index is 1.84. The number of hydrogen-bond acceptors (Lipinski definition) is 5. The normalized spacial score (nSPS) is 19.5. The van der Waals surface area contributed by atoms with Crippen molar-refractivity contribution in [3.63, 3.8) is 0 Å². The van der Waals surface area contributed by atoms with Gasteiger partial charge in [-0.3, -0.25) is 9.59 Å². The van der Waals surface area contributed by atoms with E-state index in [-0.39, 0.29) is 60.9 Å². The second-order valence-corrected chi connectivity index (χ2v) is 11.1. The molecule has 0 bridgehead atoms. The fourth-order valence-corrected chi connectivity index (χ4v) is 5.26. The molecule has 0 spiro atoms. The van der Waals surface area contributed by atoms with Crippen LogP contribution < -0.4 is 5.56 Å². The Hall–Kier alpha value is -3.96. The van der Waals surface area contributed by atoms with E-state index in [0.29, 0.717) is 4.57 Å².